The number of fused-ring (bicyclic) bond motifs is 4. The second-order valence-electron chi connectivity index (χ2n) is 6.24. The maximum absolute atomic E-state index is 13.5. The van der Waals surface area contributed by atoms with Crippen LogP contribution in [-0.4, -0.2) is 18.4 Å². The average molecular weight is 361 g/mol. The minimum Gasteiger partial charge on any atom is -0.345 e. The van der Waals surface area contributed by atoms with E-state index in [4.69, 9.17) is 0 Å². The molecule has 0 saturated carbocycles. The lowest BCUT2D eigenvalue weighted by molar-refractivity contribution is 0.591. The molecule has 0 spiro atoms. The standard InChI is InChI=1S/C20H15N3O2S/c24-26(25,19-12-22-20-17(19)9-5-11-21-20)23-13-14-6-1-2-7-15(14)16-8-3-4-10-18(16)23/h1-12H,13H2,(H,21,22). The molecule has 3 heterocycles. The third-order valence-electron chi connectivity index (χ3n) is 4.78. The Kier molecular flexibility index (Phi) is 3.17. The lowest BCUT2D eigenvalue weighted by atomic mass is 9.95. The third kappa shape index (κ3) is 2.09. The quantitative estimate of drug-likeness (QED) is 0.588. The van der Waals surface area contributed by atoms with Crippen LogP contribution in [0.3, 0.4) is 0 Å². The number of aromatic nitrogens is 2. The van der Waals surface area contributed by atoms with Crippen LogP contribution in [-0.2, 0) is 16.6 Å². The molecule has 1 aliphatic heterocycles. The lowest BCUT2D eigenvalue weighted by Crippen LogP contribution is -2.33. The maximum Gasteiger partial charge on any atom is 0.266 e. The van der Waals surface area contributed by atoms with Gasteiger partial charge in [-0.2, -0.15) is 0 Å². The number of hydrogen-bond donors (Lipinski definition) is 1. The van der Waals surface area contributed by atoms with Crippen molar-refractivity contribution in [1.82, 2.24) is 9.97 Å². The number of hydrogen-bond acceptors (Lipinski definition) is 3. The van der Waals surface area contributed by atoms with E-state index in [2.05, 4.69) is 9.97 Å². The number of nitrogens with zero attached hydrogens (tertiary/aromatic N) is 2. The second-order valence-corrected chi connectivity index (χ2v) is 8.07. The van der Waals surface area contributed by atoms with Crippen molar-refractivity contribution in [2.24, 2.45) is 0 Å². The van der Waals surface area contributed by atoms with Gasteiger partial charge < -0.3 is 4.98 Å². The summed E-state index contributed by atoms with van der Waals surface area (Å²) < 4.78 is 28.5. The summed E-state index contributed by atoms with van der Waals surface area (Å²) in [6.45, 7) is 0.308. The van der Waals surface area contributed by atoms with Crippen molar-refractivity contribution in [3.8, 4) is 11.1 Å². The Labute approximate surface area is 151 Å². The molecule has 0 bridgehead atoms. The van der Waals surface area contributed by atoms with Crippen LogP contribution in [0, 0.1) is 0 Å². The van der Waals surface area contributed by atoms with Crippen LogP contribution in [0.4, 0.5) is 5.69 Å². The van der Waals surface area contributed by atoms with Gasteiger partial charge in [-0.15, -0.1) is 0 Å². The van der Waals surface area contributed by atoms with Gasteiger partial charge in [0.2, 0.25) is 0 Å². The van der Waals surface area contributed by atoms with Crippen molar-refractivity contribution in [3.05, 3.63) is 78.6 Å². The predicted octanol–water partition coefficient (Wildman–Crippen LogP) is 3.94. The fourth-order valence-electron chi connectivity index (χ4n) is 3.56. The monoisotopic (exact) mass is 361 g/mol. The summed E-state index contributed by atoms with van der Waals surface area (Å²) in [6.07, 6.45) is 3.16. The van der Waals surface area contributed by atoms with Crippen molar-refractivity contribution in [1.29, 1.82) is 0 Å². The highest BCUT2D eigenvalue weighted by atomic mass is 32.2. The Balaban J connectivity index is 1.73. The molecule has 1 aliphatic rings. The number of aromatic amines is 1. The molecule has 0 radical (unpaired) electrons. The van der Waals surface area contributed by atoms with E-state index in [-0.39, 0.29) is 4.90 Å². The van der Waals surface area contributed by atoms with E-state index in [0.717, 1.165) is 16.7 Å². The summed E-state index contributed by atoms with van der Waals surface area (Å²) in [7, 11) is -3.74. The summed E-state index contributed by atoms with van der Waals surface area (Å²) >= 11 is 0. The zero-order chi connectivity index (χ0) is 17.7. The van der Waals surface area contributed by atoms with Gasteiger partial charge in [-0.1, -0.05) is 42.5 Å². The number of sulfonamides is 1. The van der Waals surface area contributed by atoms with E-state index >= 15 is 0 Å². The number of rotatable bonds is 2. The molecular formula is C20H15N3O2S. The summed E-state index contributed by atoms with van der Waals surface area (Å²) in [5, 5.41) is 0.601. The molecule has 0 amide bonds. The SMILES string of the molecule is O=S(=O)(c1c[nH]c2ncccc12)N1Cc2ccccc2-c2ccccc21. The average Bonchev–Trinajstić information content (AvgIpc) is 3.12. The summed E-state index contributed by atoms with van der Waals surface area (Å²) in [4.78, 5) is 7.41. The molecule has 4 aromatic rings. The first-order valence-electron chi connectivity index (χ1n) is 8.28. The number of anilines is 1. The fourth-order valence-corrected chi connectivity index (χ4v) is 5.17. The Morgan fingerprint density at radius 3 is 2.58 bits per heavy atom. The first-order valence-corrected chi connectivity index (χ1v) is 9.72. The Bertz CT molecular complexity index is 1240. The van der Waals surface area contributed by atoms with Gasteiger partial charge >= 0.3 is 0 Å². The molecule has 128 valence electrons. The predicted molar refractivity (Wildman–Crippen MR) is 101 cm³/mol. The summed E-state index contributed by atoms with van der Waals surface area (Å²) in [6, 6.07) is 19.1. The Hall–Kier alpha value is -3.12. The van der Waals surface area contributed by atoms with Gasteiger partial charge in [0.1, 0.15) is 10.5 Å². The third-order valence-corrected chi connectivity index (χ3v) is 6.58. The van der Waals surface area contributed by atoms with Gasteiger partial charge in [0, 0.05) is 23.3 Å². The van der Waals surface area contributed by atoms with E-state index in [9.17, 15) is 8.42 Å². The lowest BCUT2D eigenvalue weighted by Gasteiger charge is -2.31. The minimum absolute atomic E-state index is 0.245. The largest absolute Gasteiger partial charge is 0.345 e. The smallest absolute Gasteiger partial charge is 0.266 e. The molecule has 0 fully saturated rings. The van der Waals surface area contributed by atoms with Gasteiger partial charge in [0.25, 0.3) is 10.0 Å². The fraction of sp³-hybridized carbons (Fsp3) is 0.0500. The first kappa shape index (κ1) is 15.2. The number of nitrogens with one attached hydrogen (secondary N) is 1. The van der Waals surface area contributed by atoms with Crippen LogP contribution in [0.2, 0.25) is 0 Å². The molecular weight excluding hydrogens is 346 g/mol. The molecule has 5 nitrogen and oxygen atoms in total. The van der Waals surface area contributed by atoms with Crippen LogP contribution < -0.4 is 4.31 Å². The van der Waals surface area contributed by atoms with Crippen LogP contribution in [0.15, 0.2) is 78.0 Å². The molecule has 0 unspecified atom stereocenters. The zero-order valence-corrected chi connectivity index (χ0v) is 14.6. The molecule has 0 saturated heterocycles. The molecule has 1 N–H and O–H groups in total. The molecule has 0 atom stereocenters. The first-order chi connectivity index (χ1) is 12.7. The van der Waals surface area contributed by atoms with E-state index in [1.165, 1.54) is 10.5 Å². The van der Waals surface area contributed by atoms with Crippen LogP contribution in [0.1, 0.15) is 5.56 Å². The highest BCUT2D eigenvalue weighted by molar-refractivity contribution is 7.93. The molecule has 5 rings (SSSR count). The normalized spacial score (nSPS) is 13.5. The van der Waals surface area contributed by atoms with Gasteiger partial charge in [0.15, 0.2) is 0 Å². The van der Waals surface area contributed by atoms with Crippen molar-refractivity contribution in [3.63, 3.8) is 0 Å². The minimum atomic E-state index is -3.74. The zero-order valence-electron chi connectivity index (χ0n) is 13.8. The maximum atomic E-state index is 13.5. The molecule has 0 aliphatic carbocycles. The number of pyridine rings is 1. The van der Waals surface area contributed by atoms with Crippen LogP contribution in [0.5, 0.6) is 0 Å². The highest BCUT2D eigenvalue weighted by Crippen LogP contribution is 2.42. The Morgan fingerprint density at radius 2 is 1.69 bits per heavy atom. The number of H-pyrrole nitrogens is 1. The van der Waals surface area contributed by atoms with Crippen LogP contribution >= 0.6 is 0 Å². The molecule has 2 aromatic heterocycles. The highest BCUT2D eigenvalue weighted by Gasteiger charge is 2.33. The number of para-hydroxylation sites is 1. The van der Waals surface area contributed by atoms with E-state index in [1.807, 2.05) is 48.5 Å². The van der Waals surface area contributed by atoms with Crippen molar-refractivity contribution in [2.45, 2.75) is 11.4 Å². The van der Waals surface area contributed by atoms with E-state index in [1.54, 1.807) is 18.3 Å². The molecule has 26 heavy (non-hydrogen) atoms. The second kappa shape index (κ2) is 5.44. The summed E-state index contributed by atoms with van der Waals surface area (Å²) in [5.41, 5.74) is 4.26. The van der Waals surface area contributed by atoms with E-state index < -0.39 is 10.0 Å². The van der Waals surface area contributed by atoms with Crippen molar-refractivity contribution >= 4 is 26.7 Å². The van der Waals surface area contributed by atoms with Crippen molar-refractivity contribution in [2.75, 3.05) is 4.31 Å². The summed E-state index contributed by atoms with van der Waals surface area (Å²) in [5.74, 6) is 0. The number of benzene rings is 2. The Morgan fingerprint density at radius 1 is 0.923 bits per heavy atom. The van der Waals surface area contributed by atoms with Gasteiger partial charge in [-0.3, -0.25) is 4.31 Å². The van der Waals surface area contributed by atoms with E-state index in [0.29, 0.717) is 23.3 Å². The molecule has 2 aromatic carbocycles. The van der Waals surface area contributed by atoms with Crippen LogP contribution in [0.25, 0.3) is 22.2 Å². The van der Waals surface area contributed by atoms with Gasteiger partial charge in [-0.05, 0) is 29.3 Å². The van der Waals surface area contributed by atoms with Crippen molar-refractivity contribution < 1.29 is 8.42 Å². The molecule has 6 heteroatoms. The van der Waals surface area contributed by atoms with Gasteiger partial charge in [0.05, 0.1) is 12.2 Å². The topological polar surface area (TPSA) is 66.1 Å². The van der Waals surface area contributed by atoms with Gasteiger partial charge in [-0.25, -0.2) is 13.4 Å².